The van der Waals surface area contributed by atoms with E-state index >= 15 is 0 Å². The Bertz CT molecular complexity index is 297. The first-order valence-electron chi connectivity index (χ1n) is 5.13. The molecule has 1 aromatic rings. The molecule has 1 aliphatic carbocycles. The average molecular weight is 211 g/mol. The number of nitrogens with two attached hydrogens (primary N) is 1. The summed E-state index contributed by atoms with van der Waals surface area (Å²) >= 11 is 1.65. The van der Waals surface area contributed by atoms with Crippen LogP contribution >= 0.6 is 11.3 Å². The molecule has 1 aromatic heterocycles. The molecule has 14 heavy (non-hydrogen) atoms. The molecule has 1 aliphatic rings. The molecule has 0 bridgehead atoms. The molecule has 2 unspecified atom stereocenters. The molecule has 3 nitrogen and oxygen atoms in total. The summed E-state index contributed by atoms with van der Waals surface area (Å²) in [5.74, 6) is 1.83. The van der Waals surface area contributed by atoms with Crippen LogP contribution < -0.4 is 11.1 Å². The molecule has 0 radical (unpaired) electrons. The Kier molecular flexibility index (Phi) is 3.15. The summed E-state index contributed by atoms with van der Waals surface area (Å²) in [6, 6.07) is 0. The minimum Gasteiger partial charge on any atom is -0.325 e. The Labute approximate surface area is 88.7 Å². The van der Waals surface area contributed by atoms with Crippen LogP contribution in [0.2, 0.25) is 0 Å². The van der Waals surface area contributed by atoms with E-state index in [-0.39, 0.29) is 0 Å². The van der Waals surface area contributed by atoms with E-state index < -0.39 is 0 Å². The summed E-state index contributed by atoms with van der Waals surface area (Å²) in [6.07, 6.45) is 1.39. The molecule has 2 atom stereocenters. The number of thiazole rings is 1. The van der Waals surface area contributed by atoms with Gasteiger partial charge in [-0.05, 0) is 24.8 Å². The van der Waals surface area contributed by atoms with Gasteiger partial charge in [0, 0.05) is 18.5 Å². The lowest BCUT2D eigenvalue weighted by Crippen LogP contribution is -2.17. The summed E-state index contributed by atoms with van der Waals surface area (Å²) in [7, 11) is 0. The van der Waals surface area contributed by atoms with Gasteiger partial charge in [-0.2, -0.15) is 0 Å². The zero-order valence-electron chi connectivity index (χ0n) is 8.49. The van der Waals surface area contributed by atoms with Crippen LogP contribution in [0.4, 0.5) is 0 Å². The molecule has 1 fully saturated rings. The molecule has 4 heteroatoms. The molecule has 0 saturated heterocycles. The number of nitrogens with one attached hydrogen (secondary N) is 1. The number of hydrogen-bond donors (Lipinski definition) is 2. The van der Waals surface area contributed by atoms with Crippen molar-refractivity contribution in [3.63, 3.8) is 0 Å². The van der Waals surface area contributed by atoms with Gasteiger partial charge in [0.25, 0.3) is 0 Å². The van der Waals surface area contributed by atoms with Crippen LogP contribution in [0.15, 0.2) is 5.38 Å². The Morgan fingerprint density at radius 3 is 3.07 bits per heavy atom. The van der Waals surface area contributed by atoms with Crippen molar-refractivity contribution in [1.82, 2.24) is 10.3 Å². The van der Waals surface area contributed by atoms with E-state index in [1.807, 2.05) is 0 Å². The molecule has 1 heterocycles. The normalized spacial score (nSPS) is 25.3. The van der Waals surface area contributed by atoms with Gasteiger partial charge in [-0.1, -0.05) is 6.92 Å². The fraction of sp³-hybridized carbons (Fsp3) is 0.700. The summed E-state index contributed by atoms with van der Waals surface area (Å²) in [4.78, 5) is 4.40. The van der Waals surface area contributed by atoms with E-state index in [9.17, 15) is 0 Å². The number of aromatic nitrogens is 1. The van der Waals surface area contributed by atoms with Crippen molar-refractivity contribution in [2.75, 3.05) is 6.54 Å². The molecule has 3 N–H and O–H groups in total. The third-order valence-electron chi connectivity index (χ3n) is 2.76. The zero-order chi connectivity index (χ0) is 9.97. The van der Waals surface area contributed by atoms with Crippen LogP contribution in [0.5, 0.6) is 0 Å². The van der Waals surface area contributed by atoms with E-state index in [0.29, 0.717) is 6.54 Å². The number of hydrogen-bond acceptors (Lipinski definition) is 4. The van der Waals surface area contributed by atoms with Gasteiger partial charge in [0.1, 0.15) is 5.01 Å². The monoisotopic (exact) mass is 211 g/mol. The van der Waals surface area contributed by atoms with Gasteiger partial charge in [0.05, 0.1) is 5.69 Å². The van der Waals surface area contributed by atoms with Crippen LogP contribution in [0.25, 0.3) is 0 Å². The SMILES string of the molecule is CC1CC1CNCc1csc(CN)n1. The third-order valence-corrected chi connectivity index (χ3v) is 3.68. The predicted octanol–water partition coefficient (Wildman–Crippen LogP) is 1.35. The molecule has 1 saturated carbocycles. The van der Waals surface area contributed by atoms with Gasteiger partial charge in [-0.3, -0.25) is 0 Å². The molecule has 0 spiro atoms. The van der Waals surface area contributed by atoms with Gasteiger partial charge in [0.2, 0.25) is 0 Å². The fourth-order valence-corrected chi connectivity index (χ4v) is 2.27. The Balaban J connectivity index is 1.69. The van der Waals surface area contributed by atoms with Crippen LogP contribution in [-0.4, -0.2) is 11.5 Å². The van der Waals surface area contributed by atoms with Crippen LogP contribution in [-0.2, 0) is 13.1 Å². The maximum atomic E-state index is 5.50. The number of rotatable bonds is 5. The van der Waals surface area contributed by atoms with Gasteiger partial charge < -0.3 is 11.1 Å². The minimum absolute atomic E-state index is 0.560. The van der Waals surface area contributed by atoms with Crippen LogP contribution in [0.3, 0.4) is 0 Å². The van der Waals surface area contributed by atoms with Crippen molar-refractivity contribution in [2.24, 2.45) is 17.6 Å². The molecule has 0 aliphatic heterocycles. The summed E-state index contributed by atoms with van der Waals surface area (Å²) in [5.41, 5.74) is 6.62. The van der Waals surface area contributed by atoms with Crippen molar-refractivity contribution in [3.8, 4) is 0 Å². The van der Waals surface area contributed by atoms with E-state index in [1.165, 1.54) is 6.42 Å². The first-order valence-corrected chi connectivity index (χ1v) is 6.01. The van der Waals surface area contributed by atoms with Crippen molar-refractivity contribution in [2.45, 2.75) is 26.4 Å². The maximum absolute atomic E-state index is 5.50. The second kappa shape index (κ2) is 4.38. The van der Waals surface area contributed by atoms with E-state index in [2.05, 4.69) is 22.6 Å². The largest absolute Gasteiger partial charge is 0.325 e. The first kappa shape index (κ1) is 10.1. The second-order valence-corrected chi connectivity index (χ2v) is 4.98. The molecule has 2 rings (SSSR count). The Morgan fingerprint density at radius 2 is 2.50 bits per heavy atom. The molecule has 0 aromatic carbocycles. The average Bonchev–Trinajstić information content (AvgIpc) is 2.71. The minimum atomic E-state index is 0.560. The van der Waals surface area contributed by atoms with E-state index in [4.69, 9.17) is 5.73 Å². The second-order valence-electron chi connectivity index (χ2n) is 4.04. The quantitative estimate of drug-likeness (QED) is 0.773. The van der Waals surface area contributed by atoms with Gasteiger partial charge in [0.15, 0.2) is 0 Å². The van der Waals surface area contributed by atoms with Crippen molar-refractivity contribution in [3.05, 3.63) is 16.1 Å². The fourth-order valence-electron chi connectivity index (χ4n) is 1.59. The van der Waals surface area contributed by atoms with Crippen molar-refractivity contribution < 1.29 is 0 Å². The lowest BCUT2D eigenvalue weighted by molar-refractivity contribution is 0.606. The van der Waals surface area contributed by atoms with Crippen LogP contribution in [0, 0.1) is 11.8 Å². The maximum Gasteiger partial charge on any atom is 0.106 e. The Hall–Kier alpha value is -0.450. The van der Waals surface area contributed by atoms with Gasteiger partial charge >= 0.3 is 0 Å². The highest BCUT2D eigenvalue weighted by Crippen LogP contribution is 2.36. The molecule has 78 valence electrons. The molecular formula is C10H17N3S. The highest BCUT2D eigenvalue weighted by atomic mass is 32.1. The predicted molar refractivity (Wildman–Crippen MR) is 59.0 cm³/mol. The molecular weight excluding hydrogens is 194 g/mol. The summed E-state index contributed by atoms with van der Waals surface area (Å²) in [6.45, 7) is 4.89. The number of nitrogens with zero attached hydrogens (tertiary/aromatic N) is 1. The first-order chi connectivity index (χ1) is 6.79. The van der Waals surface area contributed by atoms with E-state index in [0.717, 1.165) is 35.6 Å². The van der Waals surface area contributed by atoms with Crippen molar-refractivity contribution in [1.29, 1.82) is 0 Å². The smallest absolute Gasteiger partial charge is 0.106 e. The lowest BCUT2D eigenvalue weighted by Gasteiger charge is -2.00. The van der Waals surface area contributed by atoms with E-state index in [1.54, 1.807) is 11.3 Å². The van der Waals surface area contributed by atoms with Crippen LogP contribution in [0.1, 0.15) is 24.0 Å². The topological polar surface area (TPSA) is 50.9 Å². The standard InChI is InChI=1S/C10H17N3S/c1-7-2-8(7)4-12-5-9-6-14-10(3-11)13-9/h6-8,12H,2-5,11H2,1H3. The highest BCUT2D eigenvalue weighted by molar-refractivity contribution is 7.09. The Morgan fingerprint density at radius 1 is 1.71 bits per heavy atom. The third kappa shape index (κ3) is 2.53. The summed E-state index contributed by atoms with van der Waals surface area (Å²) < 4.78 is 0. The molecule has 0 amide bonds. The van der Waals surface area contributed by atoms with Gasteiger partial charge in [-0.15, -0.1) is 11.3 Å². The lowest BCUT2D eigenvalue weighted by atomic mass is 10.3. The highest BCUT2D eigenvalue weighted by Gasteiger charge is 2.31. The van der Waals surface area contributed by atoms with Crippen molar-refractivity contribution >= 4 is 11.3 Å². The summed E-state index contributed by atoms with van der Waals surface area (Å²) in [5, 5.41) is 6.55. The zero-order valence-corrected chi connectivity index (χ0v) is 9.31. The van der Waals surface area contributed by atoms with Gasteiger partial charge in [-0.25, -0.2) is 4.98 Å².